The Morgan fingerprint density at radius 1 is 1.15 bits per heavy atom. The molecule has 0 atom stereocenters. The van der Waals surface area contributed by atoms with Crippen molar-refractivity contribution in [1.82, 2.24) is 5.32 Å². The summed E-state index contributed by atoms with van der Waals surface area (Å²) in [6.07, 6.45) is 8.01. The van der Waals surface area contributed by atoms with E-state index in [1.807, 2.05) is 23.6 Å². The lowest BCUT2D eigenvalue weighted by atomic mass is 9.95. The average molecular weight is 303 g/mol. The fourth-order valence-corrected chi connectivity index (χ4v) is 4.34. The van der Waals surface area contributed by atoms with Gasteiger partial charge in [-0.25, -0.2) is 0 Å². The van der Waals surface area contributed by atoms with Gasteiger partial charge >= 0.3 is 0 Å². The summed E-state index contributed by atoms with van der Waals surface area (Å²) in [6.45, 7) is 0. The van der Waals surface area contributed by atoms with Crippen molar-refractivity contribution in [3.05, 3.63) is 50.9 Å². The second-order valence-electron chi connectivity index (χ2n) is 5.10. The Bertz CT molecular complexity index is 578. The van der Waals surface area contributed by atoms with Crippen molar-refractivity contribution < 1.29 is 4.79 Å². The van der Waals surface area contributed by atoms with Crippen LogP contribution in [0, 0.1) is 0 Å². The molecule has 1 saturated carbocycles. The zero-order valence-electron chi connectivity index (χ0n) is 11.2. The molecular formula is C16H17NOS2. The first-order chi connectivity index (χ1) is 9.78. The minimum absolute atomic E-state index is 0.00806. The Morgan fingerprint density at radius 3 is 2.55 bits per heavy atom. The third kappa shape index (κ3) is 2.86. The highest BCUT2D eigenvalue weighted by Gasteiger charge is 2.37. The number of hydrogen-bond acceptors (Lipinski definition) is 3. The standard InChI is InChI=1S/C16H17NOS2/c18-15(8-7-13-5-3-11-19-13)17-16(9-1-2-10-16)14-6-4-12-20-14/h3-8,11-12H,1-2,9-10H2,(H,17,18)/b8-7+. The molecule has 1 aliphatic carbocycles. The van der Waals surface area contributed by atoms with E-state index in [4.69, 9.17) is 0 Å². The van der Waals surface area contributed by atoms with Crippen LogP contribution < -0.4 is 5.32 Å². The molecule has 2 heterocycles. The predicted octanol–water partition coefficient (Wildman–Crippen LogP) is 4.41. The van der Waals surface area contributed by atoms with Gasteiger partial charge in [0.25, 0.3) is 0 Å². The molecule has 0 unspecified atom stereocenters. The van der Waals surface area contributed by atoms with Crippen LogP contribution >= 0.6 is 22.7 Å². The molecule has 0 bridgehead atoms. The molecule has 1 amide bonds. The van der Waals surface area contributed by atoms with Crippen molar-refractivity contribution in [2.45, 2.75) is 31.2 Å². The first-order valence-electron chi connectivity index (χ1n) is 6.86. The molecule has 0 radical (unpaired) electrons. The number of rotatable bonds is 4. The minimum Gasteiger partial charge on any atom is -0.342 e. The van der Waals surface area contributed by atoms with E-state index in [9.17, 15) is 4.79 Å². The predicted molar refractivity (Wildman–Crippen MR) is 86.0 cm³/mol. The maximum atomic E-state index is 12.2. The molecule has 0 aromatic carbocycles. The number of thiophene rings is 2. The zero-order valence-corrected chi connectivity index (χ0v) is 12.8. The van der Waals surface area contributed by atoms with Gasteiger partial charge < -0.3 is 5.32 Å². The summed E-state index contributed by atoms with van der Waals surface area (Å²) in [5.74, 6) is 0.00806. The van der Waals surface area contributed by atoms with Crippen LogP contribution in [0.3, 0.4) is 0 Å². The molecular weight excluding hydrogens is 286 g/mol. The molecule has 2 nitrogen and oxygen atoms in total. The van der Waals surface area contributed by atoms with Gasteiger partial charge in [-0.1, -0.05) is 25.0 Å². The Kier molecular flexibility index (Phi) is 4.03. The summed E-state index contributed by atoms with van der Waals surface area (Å²) in [5, 5.41) is 7.35. The van der Waals surface area contributed by atoms with Crippen LogP contribution in [0.2, 0.25) is 0 Å². The van der Waals surface area contributed by atoms with Gasteiger partial charge in [-0.3, -0.25) is 4.79 Å². The maximum Gasteiger partial charge on any atom is 0.244 e. The lowest BCUT2D eigenvalue weighted by Gasteiger charge is -2.28. The van der Waals surface area contributed by atoms with E-state index in [1.54, 1.807) is 28.7 Å². The lowest BCUT2D eigenvalue weighted by molar-refractivity contribution is -0.118. The fourth-order valence-electron chi connectivity index (χ4n) is 2.78. The Labute approximate surface area is 127 Å². The zero-order chi connectivity index (χ0) is 13.8. The van der Waals surface area contributed by atoms with Gasteiger partial charge in [0.2, 0.25) is 5.91 Å². The Hall–Kier alpha value is -1.39. The van der Waals surface area contributed by atoms with Gasteiger partial charge in [0.1, 0.15) is 0 Å². The average Bonchev–Trinajstić information content (AvgIpc) is 3.18. The van der Waals surface area contributed by atoms with Crippen molar-refractivity contribution in [2.75, 3.05) is 0 Å². The van der Waals surface area contributed by atoms with Crippen molar-refractivity contribution in [2.24, 2.45) is 0 Å². The van der Waals surface area contributed by atoms with Crippen LogP contribution in [0.1, 0.15) is 35.4 Å². The van der Waals surface area contributed by atoms with Crippen LogP contribution in [-0.2, 0) is 10.3 Å². The highest BCUT2D eigenvalue weighted by Crippen LogP contribution is 2.40. The van der Waals surface area contributed by atoms with Crippen LogP contribution in [0.25, 0.3) is 6.08 Å². The number of hydrogen-bond donors (Lipinski definition) is 1. The third-order valence-electron chi connectivity index (χ3n) is 3.75. The van der Waals surface area contributed by atoms with Crippen LogP contribution in [0.15, 0.2) is 41.1 Å². The largest absolute Gasteiger partial charge is 0.342 e. The Balaban J connectivity index is 1.73. The first-order valence-corrected chi connectivity index (χ1v) is 8.62. The van der Waals surface area contributed by atoms with Gasteiger partial charge in [-0.2, -0.15) is 0 Å². The second kappa shape index (κ2) is 5.94. The number of nitrogens with one attached hydrogen (secondary N) is 1. The summed E-state index contributed by atoms with van der Waals surface area (Å²) >= 11 is 3.38. The molecule has 0 saturated heterocycles. The molecule has 0 spiro atoms. The van der Waals surface area contributed by atoms with E-state index in [0.29, 0.717) is 0 Å². The number of carbonyl (C=O) groups is 1. The highest BCUT2D eigenvalue weighted by atomic mass is 32.1. The van der Waals surface area contributed by atoms with E-state index < -0.39 is 0 Å². The third-order valence-corrected chi connectivity index (χ3v) is 5.67. The summed E-state index contributed by atoms with van der Waals surface area (Å²) in [6, 6.07) is 8.21. The SMILES string of the molecule is O=C(/C=C/c1cccs1)NC1(c2cccs2)CCCC1. The molecule has 0 aliphatic heterocycles. The highest BCUT2D eigenvalue weighted by molar-refractivity contribution is 7.10. The van der Waals surface area contributed by atoms with E-state index in [2.05, 4.69) is 22.8 Å². The summed E-state index contributed by atoms with van der Waals surface area (Å²) in [7, 11) is 0. The second-order valence-corrected chi connectivity index (χ2v) is 7.03. The van der Waals surface area contributed by atoms with Gasteiger partial charge in [-0.15, -0.1) is 22.7 Å². The topological polar surface area (TPSA) is 29.1 Å². The first kappa shape index (κ1) is 13.6. The quantitative estimate of drug-likeness (QED) is 0.833. The fraction of sp³-hybridized carbons (Fsp3) is 0.312. The van der Waals surface area contributed by atoms with Gasteiger partial charge in [0, 0.05) is 15.8 Å². The molecule has 3 rings (SSSR count). The van der Waals surface area contributed by atoms with Crippen molar-refractivity contribution in [1.29, 1.82) is 0 Å². The summed E-state index contributed by atoms with van der Waals surface area (Å²) in [5.41, 5.74) is -0.134. The van der Waals surface area contributed by atoms with E-state index in [1.165, 1.54) is 17.7 Å². The molecule has 20 heavy (non-hydrogen) atoms. The molecule has 2 aromatic rings. The number of carbonyl (C=O) groups excluding carboxylic acids is 1. The molecule has 104 valence electrons. The minimum atomic E-state index is -0.134. The Morgan fingerprint density at radius 2 is 1.90 bits per heavy atom. The molecule has 1 fully saturated rings. The number of amides is 1. The van der Waals surface area contributed by atoms with Gasteiger partial charge in [0.15, 0.2) is 0 Å². The van der Waals surface area contributed by atoms with Crippen LogP contribution in [-0.4, -0.2) is 5.91 Å². The van der Waals surface area contributed by atoms with Crippen molar-refractivity contribution >= 4 is 34.7 Å². The lowest BCUT2D eigenvalue weighted by Crippen LogP contribution is -2.42. The molecule has 1 N–H and O–H groups in total. The van der Waals surface area contributed by atoms with Crippen LogP contribution in [0.5, 0.6) is 0 Å². The molecule has 2 aromatic heterocycles. The monoisotopic (exact) mass is 303 g/mol. The van der Waals surface area contributed by atoms with Gasteiger partial charge in [-0.05, 0) is 41.8 Å². The van der Waals surface area contributed by atoms with E-state index in [-0.39, 0.29) is 11.4 Å². The summed E-state index contributed by atoms with van der Waals surface area (Å²) in [4.78, 5) is 14.6. The smallest absolute Gasteiger partial charge is 0.244 e. The molecule has 4 heteroatoms. The normalized spacial score (nSPS) is 17.6. The van der Waals surface area contributed by atoms with Crippen molar-refractivity contribution in [3.8, 4) is 0 Å². The van der Waals surface area contributed by atoms with E-state index >= 15 is 0 Å². The van der Waals surface area contributed by atoms with Crippen LogP contribution in [0.4, 0.5) is 0 Å². The molecule has 1 aliphatic rings. The van der Waals surface area contributed by atoms with Gasteiger partial charge in [0.05, 0.1) is 5.54 Å². The van der Waals surface area contributed by atoms with E-state index in [0.717, 1.165) is 17.7 Å². The van der Waals surface area contributed by atoms with Crippen molar-refractivity contribution in [3.63, 3.8) is 0 Å². The maximum absolute atomic E-state index is 12.2. The summed E-state index contributed by atoms with van der Waals surface area (Å²) < 4.78 is 0.